The van der Waals surface area contributed by atoms with E-state index >= 15 is 0 Å². The molecular weight excluding hydrogens is 307 g/mol. The van der Waals surface area contributed by atoms with E-state index in [4.69, 9.17) is 0 Å². The first-order valence-corrected chi connectivity index (χ1v) is 8.84. The molecule has 1 amide bonds. The molecule has 3 heterocycles. The van der Waals surface area contributed by atoms with E-state index in [-0.39, 0.29) is 11.7 Å². The second-order valence-corrected chi connectivity index (χ2v) is 7.23. The maximum absolute atomic E-state index is 13.9. The van der Waals surface area contributed by atoms with Gasteiger partial charge in [0.1, 0.15) is 5.82 Å². The molecule has 2 saturated heterocycles. The number of hydrogen-bond acceptors (Lipinski definition) is 4. The number of nitrogens with zero attached hydrogens (tertiary/aromatic N) is 3. The third kappa shape index (κ3) is 4.11. The Balaban J connectivity index is 1.56. The Labute approximate surface area is 143 Å². The Hall–Kier alpha value is -1.53. The highest BCUT2D eigenvalue weighted by atomic mass is 19.1. The van der Waals surface area contributed by atoms with Gasteiger partial charge in [0.05, 0.1) is 12.7 Å². The molecule has 0 aliphatic carbocycles. The molecule has 2 fully saturated rings. The van der Waals surface area contributed by atoms with Gasteiger partial charge in [0.2, 0.25) is 5.91 Å². The largest absolute Gasteiger partial charge is 0.358 e. The van der Waals surface area contributed by atoms with E-state index in [0.717, 1.165) is 44.6 Å². The van der Waals surface area contributed by atoms with Crippen LogP contribution in [-0.2, 0) is 11.3 Å². The van der Waals surface area contributed by atoms with Gasteiger partial charge in [-0.1, -0.05) is 0 Å². The second kappa shape index (κ2) is 7.57. The van der Waals surface area contributed by atoms with Gasteiger partial charge in [0.15, 0.2) is 0 Å². The molecule has 0 radical (unpaired) electrons. The third-order valence-electron chi connectivity index (χ3n) is 5.55. The quantitative estimate of drug-likeness (QED) is 0.909. The molecule has 0 unspecified atom stereocenters. The van der Waals surface area contributed by atoms with Crippen molar-refractivity contribution in [3.63, 3.8) is 0 Å². The standard InChI is InChI=1S/C18H27FN4O/c1-20-17(24)13-22-9-5-18(6-10-22)4-2-8-23(14-18)12-15-3-7-21-11-16(15)19/h3,7,11H,2,4-6,8-10,12-14H2,1H3,(H,20,24). The Morgan fingerprint density at radius 3 is 2.79 bits per heavy atom. The first kappa shape index (κ1) is 17.3. The molecule has 0 saturated carbocycles. The highest BCUT2D eigenvalue weighted by Crippen LogP contribution is 2.40. The van der Waals surface area contributed by atoms with Crippen molar-refractivity contribution in [3.8, 4) is 0 Å². The molecule has 1 spiro atoms. The number of rotatable bonds is 4. The molecule has 24 heavy (non-hydrogen) atoms. The second-order valence-electron chi connectivity index (χ2n) is 7.23. The first-order chi connectivity index (χ1) is 11.6. The van der Waals surface area contributed by atoms with Crippen molar-refractivity contribution in [1.29, 1.82) is 0 Å². The van der Waals surface area contributed by atoms with Gasteiger partial charge < -0.3 is 5.32 Å². The van der Waals surface area contributed by atoms with Crippen LogP contribution in [-0.4, -0.2) is 60.5 Å². The van der Waals surface area contributed by atoms with Crippen LogP contribution in [0.3, 0.4) is 0 Å². The molecule has 5 nitrogen and oxygen atoms in total. The fraction of sp³-hybridized carbons (Fsp3) is 0.667. The highest BCUT2D eigenvalue weighted by Gasteiger charge is 2.38. The molecule has 6 heteroatoms. The van der Waals surface area contributed by atoms with E-state index in [1.807, 2.05) is 0 Å². The lowest BCUT2D eigenvalue weighted by atomic mass is 9.72. The number of carbonyl (C=O) groups excluding carboxylic acids is 1. The zero-order chi connectivity index (χ0) is 17.0. The third-order valence-corrected chi connectivity index (χ3v) is 5.55. The van der Waals surface area contributed by atoms with Crippen LogP contribution in [0, 0.1) is 11.2 Å². The highest BCUT2D eigenvalue weighted by molar-refractivity contribution is 5.77. The normalized spacial score (nSPS) is 21.8. The maximum atomic E-state index is 13.9. The van der Waals surface area contributed by atoms with Gasteiger partial charge in [0, 0.05) is 31.9 Å². The minimum Gasteiger partial charge on any atom is -0.358 e. The molecule has 3 rings (SSSR count). The SMILES string of the molecule is CNC(=O)CN1CCC2(CCCN(Cc3ccncc3F)C2)CC1. The van der Waals surface area contributed by atoms with E-state index in [0.29, 0.717) is 18.5 Å². The van der Waals surface area contributed by atoms with Crippen LogP contribution in [0.2, 0.25) is 0 Å². The lowest BCUT2D eigenvalue weighted by Gasteiger charge is -2.47. The van der Waals surface area contributed by atoms with Gasteiger partial charge >= 0.3 is 0 Å². The van der Waals surface area contributed by atoms with E-state index < -0.39 is 0 Å². The van der Waals surface area contributed by atoms with Crippen molar-refractivity contribution in [2.75, 3.05) is 39.8 Å². The topological polar surface area (TPSA) is 48.5 Å². The lowest BCUT2D eigenvalue weighted by Crippen LogP contribution is -2.50. The van der Waals surface area contributed by atoms with Crippen molar-refractivity contribution in [2.24, 2.45) is 5.41 Å². The van der Waals surface area contributed by atoms with Crippen LogP contribution in [0.1, 0.15) is 31.2 Å². The Morgan fingerprint density at radius 2 is 2.08 bits per heavy atom. The van der Waals surface area contributed by atoms with Gasteiger partial charge in [-0.2, -0.15) is 0 Å². The number of likely N-dealkylation sites (tertiary alicyclic amines) is 2. The van der Waals surface area contributed by atoms with E-state index in [2.05, 4.69) is 20.1 Å². The smallest absolute Gasteiger partial charge is 0.233 e. The monoisotopic (exact) mass is 334 g/mol. The summed E-state index contributed by atoms with van der Waals surface area (Å²) in [5.74, 6) is -0.123. The van der Waals surface area contributed by atoms with Gasteiger partial charge in [-0.3, -0.25) is 19.6 Å². The van der Waals surface area contributed by atoms with Crippen LogP contribution in [0.25, 0.3) is 0 Å². The summed E-state index contributed by atoms with van der Waals surface area (Å²) in [4.78, 5) is 20.0. The van der Waals surface area contributed by atoms with E-state index in [1.165, 1.54) is 19.0 Å². The summed E-state index contributed by atoms with van der Waals surface area (Å²) in [7, 11) is 1.69. The summed E-state index contributed by atoms with van der Waals surface area (Å²) in [6.45, 7) is 5.18. The molecule has 2 aliphatic rings. The van der Waals surface area contributed by atoms with Crippen LogP contribution >= 0.6 is 0 Å². The Bertz CT molecular complexity index is 572. The van der Waals surface area contributed by atoms with E-state index in [1.54, 1.807) is 19.3 Å². The van der Waals surface area contributed by atoms with Crippen LogP contribution in [0.4, 0.5) is 4.39 Å². The summed E-state index contributed by atoms with van der Waals surface area (Å²) in [5, 5.41) is 2.69. The van der Waals surface area contributed by atoms with Crippen molar-refractivity contribution in [1.82, 2.24) is 20.1 Å². The molecule has 0 aromatic carbocycles. The Kier molecular flexibility index (Phi) is 5.46. The minimum absolute atomic E-state index is 0.0874. The molecular formula is C18H27FN4O. The van der Waals surface area contributed by atoms with E-state index in [9.17, 15) is 9.18 Å². The number of amides is 1. The van der Waals surface area contributed by atoms with Crippen molar-refractivity contribution < 1.29 is 9.18 Å². The first-order valence-electron chi connectivity index (χ1n) is 8.84. The molecule has 1 aromatic heterocycles. The number of halogens is 1. The molecule has 1 N–H and O–H groups in total. The van der Waals surface area contributed by atoms with Crippen LogP contribution in [0.5, 0.6) is 0 Å². The summed E-state index contributed by atoms with van der Waals surface area (Å²) in [6, 6.07) is 1.78. The predicted octanol–water partition coefficient (Wildman–Crippen LogP) is 1.64. The van der Waals surface area contributed by atoms with Gasteiger partial charge in [-0.25, -0.2) is 4.39 Å². The molecule has 0 atom stereocenters. The fourth-order valence-electron chi connectivity index (χ4n) is 4.09. The molecule has 2 aliphatic heterocycles. The van der Waals surface area contributed by atoms with Gasteiger partial charge in [-0.05, 0) is 56.8 Å². The average Bonchev–Trinajstić information content (AvgIpc) is 2.59. The van der Waals surface area contributed by atoms with Crippen LogP contribution < -0.4 is 5.32 Å². The lowest BCUT2D eigenvalue weighted by molar-refractivity contribution is -0.122. The van der Waals surface area contributed by atoms with Crippen molar-refractivity contribution in [3.05, 3.63) is 29.8 Å². The maximum Gasteiger partial charge on any atom is 0.233 e. The zero-order valence-corrected chi connectivity index (χ0v) is 14.4. The number of nitrogens with one attached hydrogen (secondary N) is 1. The number of carbonyl (C=O) groups is 1. The molecule has 0 bridgehead atoms. The summed E-state index contributed by atoms with van der Waals surface area (Å²) in [5.41, 5.74) is 1.07. The van der Waals surface area contributed by atoms with Crippen LogP contribution in [0.15, 0.2) is 18.5 Å². The van der Waals surface area contributed by atoms with Crippen molar-refractivity contribution >= 4 is 5.91 Å². The minimum atomic E-state index is -0.211. The molecule has 1 aromatic rings. The number of piperidine rings is 2. The van der Waals surface area contributed by atoms with Gasteiger partial charge in [0.25, 0.3) is 0 Å². The Morgan fingerprint density at radius 1 is 1.29 bits per heavy atom. The number of hydrogen-bond donors (Lipinski definition) is 1. The fourth-order valence-corrected chi connectivity index (χ4v) is 4.09. The number of aromatic nitrogens is 1. The zero-order valence-electron chi connectivity index (χ0n) is 14.4. The summed E-state index contributed by atoms with van der Waals surface area (Å²) >= 11 is 0. The predicted molar refractivity (Wildman–Crippen MR) is 90.9 cm³/mol. The molecule has 132 valence electrons. The average molecular weight is 334 g/mol. The van der Waals surface area contributed by atoms with Crippen molar-refractivity contribution in [2.45, 2.75) is 32.2 Å². The number of likely N-dealkylation sites (N-methyl/N-ethyl adjacent to an activating group) is 1. The number of pyridine rings is 1. The van der Waals surface area contributed by atoms with Gasteiger partial charge in [-0.15, -0.1) is 0 Å². The summed E-state index contributed by atoms with van der Waals surface area (Å²) in [6.07, 6.45) is 7.62. The summed E-state index contributed by atoms with van der Waals surface area (Å²) < 4.78 is 13.9.